The van der Waals surface area contributed by atoms with Gasteiger partial charge in [0, 0.05) is 19.0 Å². The maximum atomic E-state index is 13.4. The largest absolute Gasteiger partial charge is 0.333 e. The van der Waals surface area contributed by atoms with Crippen molar-refractivity contribution in [2.45, 2.75) is 43.8 Å². The maximum Gasteiger partial charge on any atom is 0.325 e. The fourth-order valence-electron chi connectivity index (χ4n) is 5.29. The lowest BCUT2D eigenvalue weighted by molar-refractivity contribution is -0.140. The van der Waals surface area contributed by atoms with E-state index in [2.05, 4.69) is 5.32 Å². The first kappa shape index (κ1) is 22.6. The summed E-state index contributed by atoms with van der Waals surface area (Å²) in [5, 5.41) is 2.86. The van der Waals surface area contributed by atoms with Crippen LogP contribution in [-0.4, -0.2) is 65.7 Å². The molecule has 2 heterocycles. The summed E-state index contributed by atoms with van der Waals surface area (Å²) in [6.07, 6.45) is 1.90. The Hall–Kier alpha value is -3.20. The molecule has 9 heteroatoms. The standard InChI is InChI=1S/C25H27N3O5S/c29-22(27(15-18-6-2-1-3-7-18)21-11-13-34(32,33)17-21)16-28-23(30)25(26-24(28)31)12-10-19-8-4-5-9-20(19)14-25/h1-9,21H,10-17H2,(H,26,31). The summed E-state index contributed by atoms with van der Waals surface area (Å²) in [6.45, 7) is -0.181. The first-order valence-electron chi connectivity index (χ1n) is 11.5. The smallest absolute Gasteiger partial charge is 0.325 e. The molecule has 3 aliphatic rings. The second-order valence-electron chi connectivity index (χ2n) is 9.41. The number of nitrogens with one attached hydrogen (secondary N) is 1. The van der Waals surface area contributed by atoms with Crippen LogP contribution in [0.1, 0.15) is 29.5 Å². The molecule has 1 N–H and O–H groups in total. The minimum Gasteiger partial charge on any atom is -0.333 e. The quantitative estimate of drug-likeness (QED) is 0.655. The molecule has 2 atom stereocenters. The number of fused-ring (bicyclic) bond motifs is 1. The molecule has 0 bridgehead atoms. The topological polar surface area (TPSA) is 104 Å². The molecule has 178 valence electrons. The van der Waals surface area contributed by atoms with Crippen molar-refractivity contribution in [1.29, 1.82) is 0 Å². The summed E-state index contributed by atoms with van der Waals surface area (Å²) < 4.78 is 24.2. The van der Waals surface area contributed by atoms with Crippen LogP contribution in [0.3, 0.4) is 0 Å². The number of hydrogen-bond acceptors (Lipinski definition) is 5. The van der Waals surface area contributed by atoms with Gasteiger partial charge in [-0.25, -0.2) is 13.2 Å². The Labute approximate surface area is 198 Å². The minimum absolute atomic E-state index is 0.0297. The van der Waals surface area contributed by atoms with E-state index in [-0.39, 0.29) is 24.0 Å². The van der Waals surface area contributed by atoms with E-state index in [0.29, 0.717) is 25.7 Å². The second kappa shape index (κ2) is 8.54. The summed E-state index contributed by atoms with van der Waals surface area (Å²) in [6, 6.07) is 16.1. The zero-order valence-corrected chi connectivity index (χ0v) is 19.6. The third-order valence-electron chi connectivity index (χ3n) is 7.14. The van der Waals surface area contributed by atoms with Crippen molar-refractivity contribution >= 4 is 27.7 Å². The van der Waals surface area contributed by atoms with Crippen LogP contribution in [-0.2, 0) is 38.8 Å². The Morgan fingerprint density at radius 3 is 2.47 bits per heavy atom. The molecule has 8 nitrogen and oxygen atoms in total. The van der Waals surface area contributed by atoms with E-state index in [1.54, 1.807) is 0 Å². The van der Waals surface area contributed by atoms with Crippen LogP contribution >= 0.6 is 0 Å². The molecule has 0 radical (unpaired) electrons. The number of aryl methyl sites for hydroxylation is 1. The highest BCUT2D eigenvalue weighted by molar-refractivity contribution is 7.91. The normalized spacial score (nSPS) is 25.3. The molecule has 2 saturated heterocycles. The minimum atomic E-state index is -3.22. The van der Waals surface area contributed by atoms with Gasteiger partial charge < -0.3 is 10.2 Å². The van der Waals surface area contributed by atoms with Crippen molar-refractivity contribution in [2.24, 2.45) is 0 Å². The Morgan fingerprint density at radius 2 is 1.76 bits per heavy atom. The van der Waals surface area contributed by atoms with Gasteiger partial charge in [0.25, 0.3) is 5.91 Å². The molecule has 1 aliphatic carbocycles. The lowest BCUT2D eigenvalue weighted by atomic mass is 9.78. The van der Waals surface area contributed by atoms with Crippen molar-refractivity contribution in [1.82, 2.24) is 15.1 Å². The predicted molar refractivity (Wildman–Crippen MR) is 125 cm³/mol. The lowest BCUT2D eigenvalue weighted by Crippen LogP contribution is -2.52. The highest BCUT2D eigenvalue weighted by atomic mass is 32.2. The number of benzene rings is 2. The van der Waals surface area contributed by atoms with E-state index in [1.807, 2.05) is 54.6 Å². The van der Waals surface area contributed by atoms with Crippen molar-refractivity contribution < 1.29 is 22.8 Å². The second-order valence-corrected chi connectivity index (χ2v) is 11.6. The van der Waals surface area contributed by atoms with Gasteiger partial charge in [-0.15, -0.1) is 0 Å². The summed E-state index contributed by atoms with van der Waals surface area (Å²) in [4.78, 5) is 42.2. The Morgan fingerprint density at radius 1 is 1.06 bits per heavy atom. The Balaban J connectivity index is 1.36. The van der Waals surface area contributed by atoms with E-state index in [1.165, 1.54) is 10.5 Å². The van der Waals surface area contributed by atoms with Crippen molar-refractivity contribution in [3.8, 4) is 0 Å². The zero-order chi connectivity index (χ0) is 23.9. The summed E-state index contributed by atoms with van der Waals surface area (Å²) >= 11 is 0. The Kier molecular flexibility index (Phi) is 5.67. The van der Waals surface area contributed by atoms with Crippen LogP contribution in [0.25, 0.3) is 0 Å². The van der Waals surface area contributed by atoms with Crippen molar-refractivity contribution in [2.75, 3.05) is 18.1 Å². The van der Waals surface area contributed by atoms with Gasteiger partial charge in [-0.05, 0) is 36.0 Å². The van der Waals surface area contributed by atoms with Crippen LogP contribution in [0.4, 0.5) is 4.79 Å². The number of sulfone groups is 1. The summed E-state index contributed by atoms with van der Waals surface area (Å²) in [7, 11) is -3.22. The van der Waals surface area contributed by atoms with E-state index < -0.39 is 39.9 Å². The van der Waals surface area contributed by atoms with Crippen LogP contribution in [0.15, 0.2) is 54.6 Å². The third-order valence-corrected chi connectivity index (χ3v) is 8.89. The molecular weight excluding hydrogens is 454 g/mol. The molecule has 0 saturated carbocycles. The Bertz CT molecular complexity index is 1250. The first-order chi connectivity index (χ1) is 16.3. The van der Waals surface area contributed by atoms with E-state index in [9.17, 15) is 22.8 Å². The van der Waals surface area contributed by atoms with Gasteiger partial charge in [0.1, 0.15) is 12.1 Å². The molecule has 2 aromatic carbocycles. The fourth-order valence-corrected chi connectivity index (χ4v) is 7.02. The number of hydrogen-bond donors (Lipinski definition) is 1. The monoisotopic (exact) mass is 481 g/mol. The number of nitrogens with zero attached hydrogens (tertiary/aromatic N) is 2. The molecule has 2 aromatic rings. The van der Waals surface area contributed by atoms with Crippen LogP contribution in [0.2, 0.25) is 0 Å². The highest BCUT2D eigenvalue weighted by Gasteiger charge is 2.53. The number of rotatable bonds is 5. The maximum absolute atomic E-state index is 13.4. The van der Waals surface area contributed by atoms with Crippen LogP contribution < -0.4 is 5.32 Å². The van der Waals surface area contributed by atoms with Gasteiger partial charge in [-0.2, -0.15) is 0 Å². The van der Waals surface area contributed by atoms with Gasteiger partial charge in [0.05, 0.1) is 11.5 Å². The lowest BCUT2D eigenvalue weighted by Gasteiger charge is -2.33. The van der Waals surface area contributed by atoms with E-state index in [4.69, 9.17) is 0 Å². The van der Waals surface area contributed by atoms with Gasteiger partial charge in [-0.1, -0.05) is 54.6 Å². The van der Waals surface area contributed by atoms with E-state index in [0.717, 1.165) is 16.0 Å². The number of imide groups is 1. The van der Waals surface area contributed by atoms with Gasteiger partial charge in [0.15, 0.2) is 9.84 Å². The molecule has 2 unspecified atom stereocenters. The number of amides is 4. The summed E-state index contributed by atoms with van der Waals surface area (Å²) in [5.41, 5.74) is 2.02. The van der Waals surface area contributed by atoms with Crippen molar-refractivity contribution in [3.63, 3.8) is 0 Å². The van der Waals surface area contributed by atoms with Crippen LogP contribution in [0, 0.1) is 0 Å². The predicted octanol–water partition coefficient (Wildman–Crippen LogP) is 1.68. The number of urea groups is 1. The molecular formula is C25H27N3O5S. The van der Waals surface area contributed by atoms with Gasteiger partial charge in [0.2, 0.25) is 5.91 Å². The molecule has 1 spiro atoms. The molecule has 0 aromatic heterocycles. The van der Waals surface area contributed by atoms with Crippen LogP contribution in [0.5, 0.6) is 0 Å². The van der Waals surface area contributed by atoms with Crippen molar-refractivity contribution in [3.05, 3.63) is 71.3 Å². The molecule has 2 aliphatic heterocycles. The average Bonchev–Trinajstić information content (AvgIpc) is 3.29. The molecule has 5 rings (SSSR count). The molecule has 34 heavy (non-hydrogen) atoms. The van der Waals surface area contributed by atoms with E-state index >= 15 is 0 Å². The fraction of sp³-hybridized carbons (Fsp3) is 0.400. The molecule has 2 fully saturated rings. The zero-order valence-electron chi connectivity index (χ0n) is 18.8. The average molecular weight is 482 g/mol. The summed E-state index contributed by atoms with van der Waals surface area (Å²) in [5.74, 6) is -0.893. The first-order valence-corrected chi connectivity index (χ1v) is 13.3. The van der Waals surface area contributed by atoms with Gasteiger partial charge >= 0.3 is 6.03 Å². The number of carbonyl (C=O) groups excluding carboxylic acids is 3. The van der Waals surface area contributed by atoms with Gasteiger partial charge in [-0.3, -0.25) is 14.5 Å². The highest BCUT2D eigenvalue weighted by Crippen LogP contribution is 2.33. The SMILES string of the molecule is O=C1NC2(CCc3ccccc3C2)C(=O)N1CC(=O)N(Cc1ccccc1)C1CCS(=O)(=O)C1. The number of carbonyl (C=O) groups is 3. The molecule has 4 amide bonds. The third kappa shape index (κ3) is 4.20.